The molecule has 0 saturated heterocycles. The van der Waals surface area contributed by atoms with Crippen molar-refractivity contribution in [3.05, 3.63) is 12.4 Å². The van der Waals surface area contributed by atoms with Crippen molar-refractivity contribution >= 4 is 0 Å². The molecule has 1 fully saturated rings. The lowest BCUT2D eigenvalue weighted by atomic mass is 9.96. The molecule has 0 spiro atoms. The number of nitrogens with two attached hydrogens (primary N) is 1. The molecule has 0 radical (unpaired) electrons. The van der Waals surface area contributed by atoms with Crippen molar-refractivity contribution in [2.24, 2.45) is 5.73 Å². The SMILES string of the molecule is C=C(N)NC1CCCCC1. The summed E-state index contributed by atoms with van der Waals surface area (Å²) in [5, 5.41) is 3.16. The molecule has 0 atom stereocenters. The van der Waals surface area contributed by atoms with Crippen molar-refractivity contribution in [3.63, 3.8) is 0 Å². The first kappa shape index (κ1) is 7.45. The summed E-state index contributed by atoms with van der Waals surface area (Å²) in [6.07, 6.45) is 6.58. The molecular formula is C8H16N2. The second-order valence-corrected chi connectivity index (χ2v) is 3.00. The molecule has 0 amide bonds. The van der Waals surface area contributed by atoms with Crippen molar-refractivity contribution in [3.8, 4) is 0 Å². The van der Waals surface area contributed by atoms with E-state index < -0.39 is 0 Å². The Balaban J connectivity index is 2.19. The van der Waals surface area contributed by atoms with Gasteiger partial charge in [-0.25, -0.2) is 0 Å². The van der Waals surface area contributed by atoms with Crippen LogP contribution in [0.1, 0.15) is 32.1 Å². The Kier molecular flexibility index (Phi) is 2.60. The smallest absolute Gasteiger partial charge is 0.0888 e. The van der Waals surface area contributed by atoms with Crippen LogP contribution in [0.4, 0.5) is 0 Å². The van der Waals surface area contributed by atoms with Crippen molar-refractivity contribution in [2.45, 2.75) is 38.1 Å². The van der Waals surface area contributed by atoms with Crippen molar-refractivity contribution in [1.82, 2.24) is 5.32 Å². The van der Waals surface area contributed by atoms with Crippen LogP contribution in [0.25, 0.3) is 0 Å². The van der Waals surface area contributed by atoms with Gasteiger partial charge in [-0.15, -0.1) is 0 Å². The first-order valence-electron chi connectivity index (χ1n) is 4.00. The topological polar surface area (TPSA) is 38.0 Å². The zero-order chi connectivity index (χ0) is 7.40. The van der Waals surface area contributed by atoms with Crippen LogP contribution in [-0.2, 0) is 0 Å². The van der Waals surface area contributed by atoms with Gasteiger partial charge in [-0.05, 0) is 12.8 Å². The third kappa shape index (κ3) is 2.29. The van der Waals surface area contributed by atoms with Crippen molar-refractivity contribution in [1.29, 1.82) is 0 Å². The van der Waals surface area contributed by atoms with E-state index >= 15 is 0 Å². The predicted molar refractivity (Wildman–Crippen MR) is 43.3 cm³/mol. The number of rotatable bonds is 2. The molecule has 0 bridgehead atoms. The second-order valence-electron chi connectivity index (χ2n) is 3.00. The first-order valence-corrected chi connectivity index (χ1v) is 4.00. The van der Waals surface area contributed by atoms with Crippen LogP contribution >= 0.6 is 0 Å². The van der Waals surface area contributed by atoms with E-state index in [1.165, 1.54) is 32.1 Å². The summed E-state index contributed by atoms with van der Waals surface area (Å²) in [5.74, 6) is 0.618. The maximum atomic E-state index is 5.42. The molecule has 1 aliphatic carbocycles. The number of hydrogen-bond donors (Lipinski definition) is 2. The Morgan fingerprint density at radius 3 is 2.40 bits per heavy atom. The monoisotopic (exact) mass is 140 g/mol. The molecule has 1 rings (SSSR count). The van der Waals surface area contributed by atoms with E-state index in [1.54, 1.807) is 0 Å². The number of nitrogens with one attached hydrogen (secondary N) is 1. The quantitative estimate of drug-likeness (QED) is 0.607. The van der Waals surface area contributed by atoms with Gasteiger partial charge in [0.1, 0.15) is 0 Å². The van der Waals surface area contributed by atoms with Crippen molar-refractivity contribution < 1.29 is 0 Å². The van der Waals surface area contributed by atoms with E-state index in [-0.39, 0.29) is 0 Å². The van der Waals surface area contributed by atoms with Gasteiger partial charge in [-0.1, -0.05) is 25.8 Å². The fraction of sp³-hybridized carbons (Fsp3) is 0.750. The highest BCUT2D eigenvalue weighted by Crippen LogP contribution is 2.17. The zero-order valence-corrected chi connectivity index (χ0v) is 6.40. The molecule has 0 heterocycles. The highest BCUT2D eigenvalue weighted by Gasteiger charge is 2.11. The summed E-state index contributed by atoms with van der Waals surface area (Å²) in [6, 6.07) is 0.603. The second kappa shape index (κ2) is 3.49. The van der Waals surface area contributed by atoms with E-state index in [1.807, 2.05) is 0 Å². The molecule has 1 aliphatic rings. The molecule has 0 aliphatic heterocycles. The Morgan fingerprint density at radius 2 is 1.90 bits per heavy atom. The zero-order valence-electron chi connectivity index (χ0n) is 6.40. The standard InChI is InChI=1S/C8H16N2/c1-7(9)10-8-5-3-2-4-6-8/h8,10H,1-6,9H2. The van der Waals surface area contributed by atoms with Crippen LogP contribution in [0.3, 0.4) is 0 Å². The molecule has 2 nitrogen and oxygen atoms in total. The average molecular weight is 140 g/mol. The Labute approximate surface area is 62.5 Å². The Hall–Kier alpha value is -0.660. The summed E-state index contributed by atoms with van der Waals surface area (Å²) in [5.41, 5.74) is 5.42. The predicted octanol–water partition coefficient (Wildman–Crippen LogP) is 1.34. The van der Waals surface area contributed by atoms with Gasteiger partial charge in [-0.3, -0.25) is 0 Å². The minimum absolute atomic E-state index is 0.603. The molecular weight excluding hydrogens is 124 g/mol. The molecule has 0 aromatic carbocycles. The van der Waals surface area contributed by atoms with E-state index in [2.05, 4.69) is 11.9 Å². The lowest BCUT2D eigenvalue weighted by Crippen LogP contribution is -2.32. The lowest BCUT2D eigenvalue weighted by molar-refractivity contribution is 0.396. The van der Waals surface area contributed by atoms with Crippen LogP contribution in [-0.4, -0.2) is 6.04 Å². The van der Waals surface area contributed by atoms with Gasteiger partial charge in [0.2, 0.25) is 0 Å². The molecule has 3 N–H and O–H groups in total. The normalized spacial score (nSPS) is 20.4. The molecule has 0 aromatic heterocycles. The van der Waals surface area contributed by atoms with E-state index in [4.69, 9.17) is 5.73 Å². The highest BCUT2D eigenvalue weighted by molar-refractivity contribution is 4.87. The van der Waals surface area contributed by atoms with Crippen LogP contribution in [0, 0.1) is 0 Å². The molecule has 58 valence electrons. The fourth-order valence-corrected chi connectivity index (χ4v) is 1.51. The summed E-state index contributed by atoms with van der Waals surface area (Å²) in [4.78, 5) is 0. The van der Waals surface area contributed by atoms with E-state index in [0.717, 1.165) is 0 Å². The van der Waals surface area contributed by atoms with Gasteiger partial charge in [0.25, 0.3) is 0 Å². The van der Waals surface area contributed by atoms with Crippen LogP contribution < -0.4 is 11.1 Å². The molecule has 1 saturated carbocycles. The van der Waals surface area contributed by atoms with Gasteiger partial charge < -0.3 is 11.1 Å². The highest BCUT2D eigenvalue weighted by atomic mass is 15.0. The Bertz CT molecular complexity index is 114. The largest absolute Gasteiger partial charge is 0.386 e. The summed E-state index contributed by atoms with van der Waals surface area (Å²) >= 11 is 0. The Morgan fingerprint density at radius 1 is 1.30 bits per heavy atom. The first-order chi connectivity index (χ1) is 4.79. The summed E-state index contributed by atoms with van der Waals surface area (Å²) < 4.78 is 0. The molecule has 0 aromatic rings. The maximum Gasteiger partial charge on any atom is 0.0888 e. The van der Waals surface area contributed by atoms with Gasteiger partial charge in [0.15, 0.2) is 0 Å². The maximum absolute atomic E-state index is 5.42. The van der Waals surface area contributed by atoms with E-state index in [0.29, 0.717) is 11.9 Å². The van der Waals surface area contributed by atoms with Gasteiger partial charge in [0, 0.05) is 6.04 Å². The lowest BCUT2D eigenvalue weighted by Gasteiger charge is -2.23. The minimum atomic E-state index is 0.603. The molecule has 2 heteroatoms. The molecule has 0 unspecified atom stereocenters. The third-order valence-electron chi connectivity index (χ3n) is 1.99. The van der Waals surface area contributed by atoms with E-state index in [9.17, 15) is 0 Å². The third-order valence-corrected chi connectivity index (χ3v) is 1.99. The van der Waals surface area contributed by atoms with Gasteiger partial charge >= 0.3 is 0 Å². The average Bonchev–Trinajstić information content (AvgIpc) is 1.88. The van der Waals surface area contributed by atoms with Crippen LogP contribution in [0.5, 0.6) is 0 Å². The van der Waals surface area contributed by atoms with Gasteiger partial charge in [0.05, 0.1) is 5.82 Å². The van der Waals surface area contributed by atoms with Gasteiger partial charge in [-0.2, -0.15) is 0 Å². The fourth-order valence-electron chi connectivity index (χ4n) is 1.51. The van der Waals surface area contributed by atoms with Crippen LogP contribution in [0.15, 0.2) is 12.4 Å². The van der Waals surface area contributed by atoms with Crippen LogP contribution in [0.2, 0.25) is 0 Å². The minimum Gasteiger partial charge on any atom is -0.386 e. The summed E-state index contributed by atoms with van der Waals surface area (Å²) in [7, 11) is 0. The number of hydrogen-bond acceptors (Lipinski definition) is 2. The molecule has 10 heavy (non-hydrogen) atoms. The summed E-state index contributed by atoms with van der Waals surface area (Å²) in [6.45, 7) is 3.62. The van der Waals surface area contributed by atoms with Crippen molar-refractivity contribution in [2.75, 3.05) is 0 Å².